The summed E-state index contributed by atoms with van der Waals surface area (Å²) in [5, 5.41) is 6.60. The first-order valence-corrected chi connectivity index (χ1v) is 9.27. The van der Waals surface area contributed by atoms with Crippen LogP contribution in [0.3, 0.4) is 0 Å². The number of nitrogens with one attached hydrogen (secondary N) is 1. The van der Waals surface area contributed by atoms with E-state index < -0.39 is 0 Å². The number of rotatable bonds is 5. The van der Waals surface area contributed by atoms with Crippen molar-refractivity contribution < 1.29 is 0 Å². The molecule has 1 aliphatic heterocycles. The summed E-state index contributed by atoms with van der Waals surface area (Å²) in [6.07, 6.45) is 2.95. The highest BCUT2D eigenvalue weighted by molar-refractivity contribution is 8.07. The van der Waals surface area contributed by atoms with Crippen LogP contribution in [0.1, 0.15) is 39.4 Å². The Balaban J connectivity index is 1.97. The molecule has 1 aliphatic rings. The van der Waals surface area contributed by atoms with E-state index in [4.69, 9.17) is 5.84 Å². The molecular weight excluding hydrogens is 288 g/mol. The molecule has 3 N–H and O–H groups in total. The summed E-state index contributed by atoms with van der Waals surface area (Å²) in [6.45, 7) is 8.92. The van der Waals surface area contributed by atoms with Gasteiger partial charge in [-0.3, -0.25) is 16.0 Å². The number of hydrogen-bond acceptors (Lipinski definition) is 5. The Bertz CT molecular complexity index is 421. The van der Waals surface area contributed by atoms with Gasteiger partial charge in [-0.05, 0) is 19.9 Å². The molecule has 1 fully saturated rings. The van der Waals surface area contributed by atoms with E-state index >= 15 is 0 Å². The third-order valence-electron chi connectivity index (χ3n) is 3.86. The molecule has 1 saturated heterocycles. The van der Waals surface area contributed by atoms with Crippen LogP contribution >= 0.6 is 23.5 Å². The van der Waals surface area contributed by atoms with Crippen LogP contribution in [0.25, 0.3) is 0 Å². The summed E-state index contributed by atoms with van der Waals surface area (Å²) in [6, 6.07) is 2.81. The molecule has 2 rings (SSSR count). The first kappa shape index (κ1) is 16.2. The molecule has 2 heterocycles. The van der Waals surface area contributed by atoms with Gasteiger partial charge in [0.15, 0.2) is 0 Å². The monoisotopic (exact) mass is 314 g/mol. The van der Waals surface area contributed by atoms with E-state index in [0.717, 1.165) is 23.1 Å². The van der Waals surface area contributed by atoms with Gasteiger partial charge in [0.1, 0.15) is 0 Å². The predicted molar refractivity (Wildman–Crippen MR) is 90.2 cm³/mol. The zero-order valence-corrected chi connectivity index (χ0v) is 14.4. The standard InChI is InChI=1S/C14H26N4S2/c1-9(2)18-6-5-12(17-18)7-13(16-15)14-8-19-10(3)11(4)20-14/h5-6,9-11,13-14,16H,7-8,15H2,1-4H3. The molecule has 4 nitrogen and oxygen atoms in total. The summed E-state index contributed by atoms with van der Waals surface area (Å²) >= 11 is 4.12. The highest BCUT2D eigenvalue weighted by Crippen LogP contribution is 2.37. The van der Waals surface area contributed by atoms with Crippen molar-refractivity contribution in [2.75, 3.05) is 5.75 Å². The zero-order chi connectivity index (χ0) is 14.7. The maximum atomic E-state index is 5.79. The number of aromatic nitrogens is 2. The molecule has 0 bridgehead atoms. The molecule has 114 valence electrons. The van der Waals surface area contributed by atoms with Gasteiger partial charge in [0.25, 0.3) is 0 Å². The Morgan fingerprint density at radius 2 is 2.20 bits per heavy atom. The molecule has 0 spiro atoms. The fraction of sp³-hybridized carbons (Fsp3) is 0.786. The van der Waals surface area contributed by atoms with Crippen molar-refractivity contribution in [1.82, 2.24) is 15.2 Å². The number of hydrogen-bond donors (Lipinski definition) is 2. The predicted octanol–water partition coefficient (Wildman–Crippen LogP) is 2.46. The normalized spacial score (nSPS) is 28.8. The van der Waals surface area contributed by atoms with E-state index in [0.29, 0.717) is 16.5 Å². The zero-order valence-electron chi connectivity index (χ0n) is 12.7. The number of nitrogens with zero attached hydrogens (tertiary/aromatic N) is 2. The third kappa shape index (κ3) is 3.93. The maximum Gasteiger partial charge on any atom is 0.0641 e. The van der Waals surface area contributed by atoms with Gasteiger partial charge in [-0.15, -0.1) is 0 Å². The molecule has 1 aromatic heterocycles. The SMILES string of the molecule is CC1SCC(C(Cc2ccn(C(C)C)n2)NN)SC1C. The number of nitrogens with two attached hydrogens (primary N) is 1. The molecule has 0 amide bonds. The highest BCUT2D eigenvalue weighted by atomic mass is 32.2. The van der Waals surface area contributed by atoms with Crippen molar-refractivity contribution in [2.24, 2.45) is 5.84 Å². The second kappa shape index (κ2) is 7.20. The fourth-order valence-electron chi connectivity index (χ4n) is 2.32. The molecule has 4 unspecified atom stereocenters. The Morgan fingerprint density at radius 3 is 2.75 bits per heavy atom. The highest BCUT2D eigenvalue weighted by Gasteiger charge is 2.31. The molecule has 0 saturated carbocycles. The molecule has 4 atom stereocenters. The van der Waals surface area contributed by atoms with Crippen molar-refractivity contribution in [1.29, 1.82) is 0 Å². The van der Waals surface area contributed by atoms with Gasteiger partial charge >= 0.3 is 0 Å². The van der Waals surface area contributed by atoms with Crippen LogP contribution in [0.5, 0.6) is 0 Å². The van der Waals surface area contributed by atoms with Gasteiger partial charge in [-0.2, -0.15) is 28.6 Å². The first-order chi connectivity index (χ1) is 9.51. The number of thioether (sulfide) groups is 2. The van der Waals surface area contributed by atoms with Crippen molar-refractivity contribution in [3.8, 4) is 0 Å². The van der Waals surface area contributed by atoms with Crippen molar-refractivity contribution >= 4 is 23.5 Å². The van der Waals surface area contributed by atoms with Crippen LogP contribution in [0.4, 0.5) is 0 Å². The first-order valence-electron chi connectivity index (χ1n) is 7.28. The lowest BCUT2D eigenvalue weighted by molar-refractivity contribution is 0.494. The molecule has 0 aliphatic carbocycles. The fourth-order valence-corrected chi connectivity index (χ4v) is 5.43. The summed E-state index contributed by atoms with van der Waals surface area (Å²) in [7, 11) is 0. The molecular formula is C14H26N4S2. The summed E-state index contributed by atoms with van der Waals surface area (Å²) in [5.41, 5.74) is 4.13. The Hall–Kier alpha value is -0.170. The van der Waals surface area contributed by atoms with Crippen LogP contribution in [-0.4, -0.2) is 37.3 Å². The van der Waals surface area contributed by atoms with Gasteiger partial charge in [0.2, 0.25) is 0 Å². The summed E-state index contributed by atoms with van der Waals surface area (Å²) in [4.78, 5) is 0. The Morgan fingerprint density at radius 1 is 1.45 bits per heavy atom. The van der Waals surface area contributed by atoms with Gasteiger partial charge in [-0.25, -0.2) is 0 Å². The van der Waals surface area contributed by atoms with E-state index in [9.17, 15) is 0 Å². The van der Waals surface area contributed by atoms with Crippen LogP contribution in [0.15, 0.2) is 12.3 Å². The lowest BCUT2D eigenvalue weighted by Gasteiger charge is -2.35. The average molecular weight is 315 g/mol. The van der Waals surface area contributed by atoms with Crippen LogP contribution in [-0.2, 0) is 6.42 Å². The van der Waals surface area contributed by atoms with E-state index in [1.165, 1.54) is 0 Å². The maximum absolute atomic E-state index is 5.79. The Kier molecular flexibility index (Phi) is 5.84. The second-order valence-electron chi connectivity index (χ2n) is 5.78. The van der Waals surface area contributed by atoms with Gasteiger partial charge < -0.3 is 0 Å². The van der Waals surface area contributed by atoms with Gasteiger partial charge in [0.05, 0.1) is 5.69 Å². The van der Waals surface area contributed by atoms with Crippen molar-refractivity contribution in [3.63, 3.8) is 0 Å². The molecule has 0 radical (unpaired) electrons. The third-order valence-corrected chi connectivity index (χ3v) is 7.41. The minimum Gasteiger partial charge on any atom is -0.271 e. The Labute approximate surface area is 130 Å². The lowest BCUT2D eigenvalue weighted by atomic mass is 10.1. The minimum atomic E-state index is 0.290. The van der Waals surface area contributed by atoms with Crippen molar-refractivity contribution in [2.45, 2.75) is 61.9 Å². The van der Waals surface area contributed by atoms with Crippen LogP contribution in [0.2, 0.25) is 0 Å². The van der Waals surface area contributed by atoms with Crippen LogP contribution in [0, 0.1) is 0 Å². The average Bonchev–Trinajstić information content (AvgIpc) is 2.88. The molecule has 0 aromatic carbocycles. The van der Waals surface area contributed by atoms with Gasteiger partial charge in [0, 0.05) is 46.2 Å². The second-order valence-corrected chi connectivity index (χ2v) is 8.81. The summed E-state index contributed by atoms with van der Waals surface area (Å²) < 4.78 is 2.01. The van der Waals surface area contributed by atoms with Gasteiger partial charge in [-0.1, -0.05) is 13.8 Å². The largest absolute Gasteiger partial charge is 0.271 e. The number of hydrazine groups is 1. The van der Waals surface area contributed by atoms with E-state index in [2.05, 4.69) is 74.0 Å². The molecule has 6 heteroatoms. The summed E-state index contributed by atoms with van der Waals surface area (Å²) in [5.74, 6) is 6.95. The van der Waals surface area contributed by atoms with E-state index in [-0.39, 0.29) is 6.04 Å². The smallest absolute Gasteiger partial charge is 0.0641 e. The van der Waals surface area contributed by atoms with E-state index in [1.807, 2.05) is 4.68 Å². The molecule has 20 heavy (non-hydrogen) atoms. The quantitative estimate of drug-likeness (QED) is 0.646. The molecule has 1 aromatic rings. The topological polar surface area (TPSA) is 55.9 Å². The van der Waals surface area contributed by atoms with Crippen molar-refractivity contribution in [3.05, 3.63) is 18.0 Å². The minimum absolute atomic E-state index is 0.290. The van der Waals surface area contributed by atoms with Crippen LogP contribution < -0.4 is 11.3 Å². The van der Waals surface area contributed by atoms with E-state index in [1.54, 1.807) is 0 Å². The lowest BCUT2D eigenvalue weighted by Crippen LogP contribution is -2.47.